The first kappa shape index (κ1) is 14.6. The summed E-state index contributed by atoms with van der Waals surface area (Å²) in [5.74, 6) is 0.921. The topological polar surface area (TPSA) is 30.5 Å². The minimum Gasteiger partial charge on any atom is -0.496 e. The number of benzene rings is 2. The molecule has 0 fully saturated rings. The molecule has 0 aliphatic rings. The molecule has 0 aromatic heterocycles. The van der Waals surface area contributed by atoms with E-state index in [1.54, 1.807) is 7.11 Å². The molecule has 1 unspecified atom stereocenters. The first-order valence-electron chi connectivity index (χ1n) is 6.82. The van der Waals surface area contributed by atoms with Crippen molar-refractivity contribution in [3.05, 3.63) is 65.7 Å². The Morgan fingerprint density at radius 2 is 1.70 bits per heavy atom. The molecule has 1 atom stereocenters. The minimum absolute atomic E-state index is 0.218. The second-order valence-electron chi connectivity index (χ2n) is 4.81. The van der Waals surface area contributed by atoms with E-state index in [1.807, 2.05) is 48.5 Å². The van der Waals surface area contributed by atoms with Gasteiger partial charge >= 0.3 is 0 Å². The molecule has 0 aliphatic carbocycles. The van der Waals surface area contributed by atoms with Crippen LogP contribution in [0, 0.1) is 0 Å². The van der Waals surface area contributed by atoms with Gasteiger partial charge in [0.25, 0.3) is 0 Å². The van der Waals surface area contributed by atoms with Gasteiger partial charge in [0, 0.05) is 6.04 Å². The lowest BCUT2D eigenvalue weighted by Crippen LogP contribution is -2.28. The monoisotopic (exact) mass is 271 g/mol. The highest BCUT2D eigenvalue weighted by Crippen LogP contribution is 2.18. The Labute approximate surface area is 120 Å². The molecule has 0 saturated heterocycles. The molecule has 0 bridgehead atoms. The van der Waals surface area contributed by atoms with Crippen molar-refractivity contribution in [1.29, 1.82) is 0 Å². The molecule has 2 rings (SSSR count). The molecule has 0 heterocycles. The van der Waals surface area contributed by atoms with Gasteiger partial charge in [-0.2, -0.15) is 5.48 Å². The van der Waals surface area contributed by atoms with Gasteiger partial charge in [-0.05, 0) is 30.5 Å². The molecule has 0 aliphatic heterocycles. The number of para-hydroxylation sites is 1. The summed E-state index contributed by atoms with van der Waals surface area (Å²) in [5, 5.41) is 0. The van der Waals surface area contributed by atoms with Crippen LogP contribution >= 0.6 is 0 Å². The molecular weight excluding hydrogens is 250 g/mol. The largest absolute Gasteiger partial charge is 0.496 e. The normalized spacial score (nSPS) is 12.1. The zero-order chi connectivity index (χ0) is 14.2. The third-order valence-electron chi connectivity index (χ3n) is 3.08. The number of methoxy groups -OCH3 is 1. The predicted molar refractivity (Wildman–Crippen MR) is 80.5 cm³/mol. The molecule has 3 heteroatoms. The maximum absolute atomic E-state index is 5.54. The number of rotatable bonds is 7. The van der Waals surface area contributed by atoms with E-state index in [4.69, 9.17) is 9.57 Å². The average Bonchev–Trinajstić information content (AvgIpc) is 2.49. The van der Waals surface area contributed by atoms with Crippen LogP contribution in [0.1, 0.15) is 18.1 Å². The molecule has 2 aromatic carbocycles. The second kappa shape index (κ2) is 7.68. The summed E-state index contributed by atoms with van der Waals surface area (Å²) in [4.78, 5) is 5.54. The molecule has 3 nitrogen and oxygen atoms in total. The maximum Gasteiger partial charge on any atom is 0.122 e. The molecule has 20 heavy (non-hydrogen) atoms. The van der Waals surface area contributed by atoms with E-state index >= 15 is 0 Å². The van der Waals surface area contributed by atoms with Crippen molar-refractivity contribution in [1.82, 2.24) is 5.48 Å². The summed E-state index contributed by atoms with van der Waals surface area (Å²) in [5.41, 5.74) is 5.41. The van der Waals surface area contributed by atoms with E-state index in [2.05, 4.69) is 18.5 Å². The standard InChI is InChI=1S/C17H21NO2/c1-14(12-16-10-6-7-11-17(16)19-2)18-20-13-15-8-4-3-5-9-15/h3-11,14,18H,12-13H2,1-2H3. The number of hydrogen-bond donors (Lipinski definition) is 1. The SMILES string of the molecule is COc1ccccc1CC(C)NOCc1ccccc1. The highest BCUT2D eigenvalue weighted by molar-refractivity contribution is 5.33. The zero-order valence-electron chi connectivity index (χ0n) is 12.0. The summed E-state index contributed by atoms with van der Waals surface area (Å²) >= 11 is 0. The van der Waals surface area contributed by atoms with Gasteiger partial charge in [0.05, 0.1) is 13.7 Å². The van der Waals surface area contributed by atoms with Gasteiger partial charge < -0.3 is 4.74 Å². The third-order valence-corrected chi connectivity index (χ3v) is 3.08. The van der Waals surface area contributed by atoms with Crippen molar-refractivity contribution in [2.24, 2.45) is 0 Å². The lowest BCUT2D eigenvalue weighted by Gasteiger charge is -2.15. The van der Waals surface area contributed by atoms with Crippen molar-refractivity contribution in [2.45, 2.75) is 26.0 Å². The zero-order valence-corrected chi connectivity index (χ0v) is 12.0. The van der Waals surface area contributed by atoms with Crippen molar-refractivity contribution < 1.29 is 9.57 Å². The van der Waals surface area contributed by atoms with Crippen LogP contribution in [-0.4, -0.2) is 13.2 Å². The molecule has 106 valence electrons. The van der Waals surface area contributed by atoms with Crippen molar-refractivity contribution in [3.8, 4) is 5.75 Å². The van der Waals surface area contributed by atoms with Crippen molar-refractivity contribution >= 4 is 0 Å². The van der Waals surface area contributed by atoms with Gasteiger partial charge in [-0.1, -0.05) is 48.5 Å². The fourth-order valence-electron chi connectivity index (χ4n) is 2.08. The molecule has 1 N–H and O–H groups in total. The van der Waals surface area contributed by atoms with Crippen LogP contribution < -0.4 is 10.2 Å². The van der Waals surface area contributed by atoms with E-state index in [1.165, 1.54) is 5.56 Å². The Bertz CT molecular complexity index is 513. The van der Waals surface area contributed by atoms with Crippen LogP contribution in [0.25, 0.3) is 0 Å². The van der Waals surface area contributed by atoms with Gasteiger partial charge in [-0.3, -0.25) is 4.84 Å². The minimum atomic E-state index is 0.218. The summed E-state index contributed by atoms with van der Waals surface area (Å²) in [6, 6.07) is 18.4. The Morgan fingerprint density at radius 1 is 1.00 bits per heavy atom. The van der Waals surface area contributed by atoms with Crippen LogP contribution in [0.15, 0.2) is 54.6 Å². The van der Waals surface area contributed by atoms with E-state index < -0.39 is 0 Å². The van der Waals surface area contributed by atoms with Gasteiger partial charge in [0.2, 0.25) is 0 Å². The van der Waals surface area contributed by atoms with Gasteiger partial charge in [0.1, 0.15) is 5.75 Å². The quantitative estimate of drug-likeness (QED) is 0.783. The molecule has 0 saturated carbocycles. The van der Waals surface area contributed by atoms with Crippen LogP contribution in [0.5, 0.6) is 5.75 Å². The van der Waals surface area contributed by atoms with Crippen LogP contribution in [0.3, 0.4) is 0 Å². The van der Waals surface area contributed by atoms with Crippen LogP contribution in [-0.2, 0) is 17.9 Å². The summed E-state index contributed by atoms with van der Waals surface area (Å²) in [6.45, 7) is 2.66. The molecule has 0 amide bonds. The maximum atomic E-state index is 5.54. The van der Waals surface area contributed by atoms with Crippen molar-refractivity contribution in [3.63, 3.8) is 0 Å². The Kier molecular flexibility index (Phi) is 5.59. The van der Waals surface area contributed by atoms with E-state index in [0.717, 1.165) is 17.7 Å². The van der Waals surface area contributed by atoms with E-state index in [0.29, 0.717) is 6.61 Å². The first-order chi connectivity index (χ1) is 9.79. The van der Waals surface area contributed by atoms with E-state index in [9.17, 15) is 0 Å². The highest BCUT2D eigenvalue weighted by Gasteiger charge is 2.07. The first-order valence-corrected chi connectivity index (χ1v) is 6.82. The van der Waals surface area contributed by atoms with Crippen molar-refractivity contribution in [2.75, 3.05) is 7.11 Å². The second-order valence-corrected chi connectivity index (χ2v) is 4.81. The Balaban J connectivity index is 1.79. The number of ether oxygens (including phenoxy) is 1. The smallest absolute Gasteiger partial charge is 0.122 e. The molecular formula is C17H21NO2. The third kappa shape index (κ3) is 4.37. The molecule has 0 spiro atoms. The number of hydrogen-bond acceptors (Lipinski definition) is 3. The van der Waals surface area contributed by atoms with Gasteiger partial charge in [-0.25, -0.2) is 0 Å². The fraction of sp³-hybridized carbons (Fsp3) is 0.294. The molecule has 0 radical (unpaired) electrons. The summed E-state index contributed by atoms with van der Waals surface area (Å²) < 4.78 is 5.35. The lowest BCUT2D eigenvalue weighted by atomic mass is 10.1. The van der Waals surface area contributed by atoms with E-state index in [-0.39, 0.29) is 6.04 Å². The average molecular weight is 271 g/mol. The molecule has 2 aromatic rings. The van der Waals surface area contributed by atoms with Crippen LogP contribution in [0.4, 0.5) is 0 Å². The fourth-order valence-corrected chi connectivity index (χ4v) is 2.08. The number of nitrogens with one attached hydrogen (secondary N) is 1. The summed E-state index contributed by atoms with van der Waals surface area (Å²) in [6.07, 6.45) is 0.860. The van der Waals surface area contributed by atoms with Crippen LogP contribution in [0.2, 0.25) is 0 Å². The van der Waals surface area contributed by atoms with Gasteiger partial charge in [0.15, 0.2) is 0 Å². The Hall–Kier alpha value is -1.84. The Morgan fingerprint density at radius 3 is 2.45 bits per heavy atom. The predicted octanol–water partition coefficient (Wildman–Crippen LogP) is 3.35. The highest BCUT2D eigenvalue weighted by atomic mass is 16.6. The number of hydroxylamine groups is 1. The lowest BCUT2D eigenvalue weighted by molar-refractivity contribution is 0.00754. The van der Waals surface area contributed by atoms with Gasteiger partial charge in [-0.15, -0.1) is 0 Å². The summed E-state index contributed by atoms with van der Waals surface area (Å²) in [7, 11) is 1.70.